The average molecular weight is 202 g/mol. The Kier molecular flexibility index (Phi) is 1.76. The first-order valence-electron chi connectivity index (χ1n) is 3.84. The summed E-state index contributed by atoms with van der Waals surface area (Å²) in [4.78, 5) is 6.56. The molecule has 0 aromatic rings. The summed E-state index contributed by atoms with van der Waals surface area (Å²) < 4.78 is 36.5. The number of rotatable bonds is 0. The molecule has 74 valence electrons. The standard InChI is InChI=1S/C7H5F3N4/c1-3-2-4-5(14-13-3)12-6(11-4)7(8,9)10/h2-3H,1H3. The lowest BCUT2D eigenvalue weighted by molar-refractivity contribution is -0.0594. The zero-order valence-electron chi connectivity index (χ0n) is 7.08. The Hall–Kier alpha value is -1.53. The van der Waals surface area contributed by atoms with Crippen molar-refractivity contribution in [1.29, 1.82) is 0 Å². The minimum Gasteiger partial charge on any atom is -0.221 e. The number of fused-ring (bicyclic) bond motifs is 1. The van der Waals surface area contributed by atoms with Gasteiger partial charge in [-0.3, -0.25) is 0 Å². The number of hydrogen-bond donors (Lipinski definition) is 0. The largest absolute Gasteiger partial charge is 0.451 e. The summed E-state index contributed by atoms with van der Waals surface area (Å²) in [6.45, 7) is 1.70. The van der Waals surface area contributed by atoms with Crippen molar-refractivity contribution in [3.63, 3.8) is 0 Å². The Morgan fingerprint density at radius 2 is 2.00 bits per heavy atom. The molecule has 0 fully saturated rings. The molecular weight excluding hydrogens is 197 g/mol. The first-order valence-corrected chi connectivity index (χ1v) is 3.84. The Labute approximate surface area is 77.0 Å². The predicted octanol–water partition coefficient (Wildman–Crippen LogP) is 2.10. The van der Waals surface area contributed by atoms with Gasteiger partial charge in [0.15, 0.2) is 0 Å². The summed E-state index contributed by atoms with van der Waals surface area (Å²) in [6.07, 6.45) is -3.03. The molecule has 0 bridgehead atoms. The third-order valence-corrected chi connectivity index (χ3v) is 1.65. The second kappa shape index (κ2) is 2.73. The molecule has 0 saturated carbocycles. The van der Waals surface area contributed by atoms with Gasteiger partial charge in [0.2, 0.25) is 11.7 Å². The Morgan fingerprint density at radius 1 is 1.29 bits per heavy atom. The van der Waals surface area contributed by atoms with E-state index < -0.39 is 12.0 Å². The van der Waals surface area contributed by atoms with E-state index in [0.29, 0.717) is 0 Å². The molecule has 2 aliphatic heterocycles. The lowest BCUT2D eigenvalue weighted by atomic mass is 10.2. The maximum Gasteiger partial charge on any atom is 0.451 e. The van der Waals surface area contributed by atoms with Gasteiger partial charge in [0.25, 0.3) is 0 Å². The van der Waals surface area contributed by atoms with E-state index in [1.165, 1.54) is 6.08 Å². The highest BCUT2D eigenvalue weighted by Crippen LogP contribution is 2.26. The van der Waals surface area contributed by atoms with Crippen molar-refractivity contribution in [1.82, 2.24) is 0 Å². The molecule has 2 rings (SSSR count). The van der Waals surface area contributed by atoms with Gasteiger partial charge >= 0.3 is 6.18 Å². The van der Waals surface area contributed by atoms with Gasteiger partial charge in [-0.25, -0.2) is 9.98 Å². The number of azo groups is 1. The zero-order valence-corrected chi connectivity index (χ0v) is 7.08. The van der Waals surface area contributed by atoms with E-state index in [4.69, 9.17) is 0 Å². The van der Waals surface area contributed by atoms with Crippen LogP contribution in [0.3, 0.4) is 0 Å². The van der Waals surface area contributed by atoms with Gasteiger partial charge in [0.05, 0.1) is 6.04 Å². The third kappa shape index (κ3) is 1.45. The molecule has 0 saturated heterocycles. The third-order valence-electron chi connectivity index (χ3n) is 1.65. The molecule has 2 aliphatic rings. The second-order valence-corrected chi connectivity index (χ2v) is 2.88. The molecule has 2 heterocycles. The van der Waals surface area contributed by atoms with Gasteiger partial charge in [0, 0.05) is 0 Å². The van der Waals surface area contributed by atoms with Crippen molar-refractivity contribution in [3.05, 3.63) is 11.8 Å². The molecule has 0 aromatic carbocycles. The molecule has 0 aromatic heterocycles. The highest BCUT2D eigenvalue weighted by atomic mass is 19.4. The molecule has 0 spiro atoms. The van der Waals surface area contributed by atoms with Crippen molar-refractivity contribution >= 4 is 11.7 Å². The normalized spacial score (nSPS) is 25.4. The van der Waals surface area contributed by atoms with Crippen LogP contribution in [0.1, 0.15) is 6.92 Å². The second-order valence-electron chi connectivity index (χ2n) is 2.88. The van der Waals surface area contributed by atoms with Gasteiger partial charge in [-0.05, 0) is 13.0 Å². The topological polar surface area (TPSA) is 49.4 Å². The number of alkyl halides is 3. The number of nitrogens with zero attached hydrogens (tertiary/aromatic N) is 4. The van der Waals surface area contributed by atoms with Crippen LogP contribution in [0.5, 0.6) is 0 Å². The van der Waals surface area contributed by atoms with Crippen LogP contribution in [0, 0.1) is 0 Å². The van der Waals surface area contributed by atoms with E-state index in [-0.39, 0.29) is 17.6 Å². The van der Waals surface area contributed by atoms with E-state index in [9.17, 15) is 13.2 Å². The molecular formula is C7H5F3N4. The average Bonchev–Trinajstić information content (AvgIpc) is 2.45. The van der Waals surface area contributed by atoms with Crippen molar-refractivity contribution in [2.45, 2.75) is 19.1 Å². The van der Waals surface area contributed by atoms with Gasteiger partial charge in [-0.1, -0.05) is 0 Å². The molecule has 7 heteroatoms. The number of amidine groups is 2. The monoisotopic (exact) mass is 202 g/mol. The molecule has 0 aliphatic carbocycles. The fraction of sp³-hybridized carbons (Fsp3) is 0.429. The van der Waals surface area contributed by atoms with Crippen LogP contribution in [-0.2, 0) is 0 Å². The maximum atomic E-state index is 12.2. The van der Waals surface area contributed by atoms with E-state index in [1.807, 2.05) is 0 Å². The highest BCUT2D eigenvalue weighted by molar-refractivity contribution is 6.13. The van der Waals surface area contributed by atoms with E-state index in [0.717, 1.165) is 0 Å². The van der Waals surface area contributed by atoms with Crippen molar-refractivity contribution in [2.24, 2.45) is 20.2 Å². The fourth-order valence-electron chi connectivity index (χ4n) is 1.07. The summed E-state index contributed by atoms with van der Waals surface area (Å²) in [6, 6.07) is -0.250. The molecule has 1 atom stereocenters. The van der Waals surface area contributed by atoms with Crippen LogP contribution in [0.25, 0.3) is 0 Å². The number of aliphatic imine (C=N–C) groups is 2. The molecule has 14 heavy (non-hydrogen) atoms. The van der Waals surface area contributed by atoms with Gasteiger partial charge in [-0.15, -0.1) is 5.11 Å². The lowest BCUT2D eigenvalue weighted by Gasteiger charge is -2.03. The minimum atomic E-state index is -4.52. The highest BCUT2D eigenvalue weighted by Gasteiger charge is 2.40. The maximum absolute atomic E-state index is 12.2. The SMILES string of the molecule is CC1C=C2N=C(C(F)(F)F)N=C2N=N1. The van der Waals surface area contributed by atoms with Gasteiger partial charge in [-0.2, -0.15) is 18.3 Å². The molecule has 0 radical (unpaired) electrons. The Morgan fingerprint density at radius 3 is 2.64 bits per heavy atom. The fourth-order valence-corrected chi connectivity index (χ4v) is 1.07. The van der Waals surface area contributed by atoms with Gasteiger partial charge < -0.3 is 0 Å². The predicted molar refractivity (Wildman–Crippen MR) is 43.3 cm³/mol. The Balaban J connectivity index is 2.37. The van der Waals surface area contributed by atoms with E-state index in [2.05, 4.69) is 20.2 Å². The van der Waals surface area contributed by atoms with Crippen LogP contribution in [-0.4, -0.2) is 23.9 Å². The summed E-state index contributed by atoms with van der Waals surface area (Å²) >= 11 is 0. The van der Waals surface area contributed by atoms with Crippen LogP contribution in [0.4, 0.5) is 13.2 Å². The summed E-state index contributed by atoms with van der Waals surface area (Å²) in [5, 5.41) is 7.19. The number of halogens is 3. The van der Waals surface area contributed by atoms with Gasteiger partial charge in [0.1, 0.15) is 5.70 Å². The molecule has 0 amide bonds. The minimum absolute atomic E-state index is 0.0598. The lowest BCUT2D eigenvalue weighted by Crippen LogP contribution is -2.19. The molecule has 4 nitrogen and oxygen atoms in total. The Bertz CT molecular complexity index is 388. The van der Waals surface area contributed by atoms with Crippen LogP contribution in [0.15, 0.2) is 32.0 Å². The first-order chi connectivity index (χ1) is 6.47. The van der Waals surface area contributed by atoms with Crippen molar-refractivity contribution < 1.29 is 13.2 Å². The van der Waals surface area contributed by atoms with Crippen LogP contribution < -0.4 is 0 Å². The summed E-state index contributed by atoms with van der Waals surface area (Å²) in [5.74, 6) is -1.22. The van der Waals surface area contributed by atoms with Crippen LogP contribution in [0.2, 0.25) is 0 Å². The van der Waals surface area contributed by atoms with Crippen molar-refractivity contribution in [2.75, 3.05) is 0 Å². The van der Waals surface area contributed by atoms with Crippen LogP contribution >= 0.6 is 0 Å². The first kappa shape index (κ1) is 9.04. The van der Waals surface area contributed by atoms with E-state index >= 15 is 0 Å². The molecule has 0 N–H and O–H groups in total. The summed E-state index contributed by atoms with van der Waals surface area (Å²) in [5.41, 5.74) is 0.153. The summed E-state index contributed by atoms with van der Waals surface area (Å²) in [7, 11) is 0. The zero-order chi connectivity index (χ0) is 10.3. The molecule has 1 unspecified atom stereocenters. The quantitative estimate of drug-likeness (QED) is 0.577. The van der Waals surface area contributed by atoms with E-state index in [1.54, 1.807) is 6.92 Å². The van der Waals surface area contributed by atoms with Crippen molar-refractivity contribution in [3.8, 4) is 0 Å². The smallest absolute Gasteiger partial charge is 0.221 e. The number of hydrogen-bond acceptors (Lipinski definition) is 4.